The van der Waals surface area contributed by atoms with E-state index in [4.69, 9.17) is 5.26 Å². The first kappa shape index (κ1) is 7.81. The van der Waals surface area contributed by atoms with Crippen molar-refractivity contribution in [2.24, 2.45) is 5.92 Å². The minimum atomic E-state index is 0.0677. The van der Waals surface area contributed by atoms with Gasteiger partial charge in [0.05, 0.1) is 12.0 Å². The lowest BCUT2D eigenvalue weighted by Crippen LogP contribution is -1.96. The minimum absolute atomic E-state index is 0.0677. The molecule has 1 rings (SSSR count). The maximum Gasteiger partial charge on any atom is 0.0700 e. The highest BCUT2D eigenvalue weighted by atomic mass is 14.3. The van der Waals surface area contributed by atoms with Crippen LogP contribution < -0.4 is 0 Å². The summed E-state index contributed by atoms with van der Waals surface area (Å²) < 4.78 is 0. The van der Waals surface area contributed by atoms with Crippen LogP contribution in [0.3, 0.4) is 0 Å². The Labute approximate surface area is 67.3 Å². The maximum atomic E-state index is 8.56. The molecule has 0 N–H and O–H groups in total. The molecular formula is C10H11N. The first-order valence-corrected chi connectivity index (χ1v) is 3.68. The van der Waals surface area contributed by atoms with E-state index in [1.807, 2.05) is 19.1 Å². The van der Waals surface area contributed by atoms with E-state index in [0.717, 1.165) is 17.6 Å². The fourth-order valence-corrected chi connectivity index (χ4v) is 1.03. The van der Waals surface area contributed by atoms with Crippen LogP contribution in [-0.2, 0) is 0 Å². The van der Waals surface area contributed by atoms with Gasteiger partial charge < -0.3 is 0 Å². The van der Waals surface area contributed by atoms with Gasteiger partial charge >= 0.3 is 0 Å². The molecule has 0 aliphatic heterocycles. The normalized spacial score (nSPS) is 22.2. The van der Waals surface area contributed by atoms with Crippen LogP contribution in [0.4, 0.5) is 0 Å². The Hall–Kier alpha value is -1.29. The van der Waals surface area contributed by atoms with Crippen molar-refractivity contribution in [2.75, 3.05) is 0 Å². The topological polar surface area (TPSA) is 23.8 Å². The van der Waals surface area contributed by atoms with E-state index in [1.165, 1.54) is 0 Å². The summed E-state index contributed by atoms with van der Waals surface area (Å²) in [5, 5.41) is 8.56. The molecule has 1 aliphatic rings. The van der Waals surface area contributed by atoms with Crippen LogP contribution in [0.5, 0.6) is 0 Å². The largest absolute Gasteiger partial charge is 0.198 e. The maximum absolute atomic E-state index is 8.56. The molecule has 1 atom stereocenters. The van der Waals surface area contributed by atoms with E-state index in [2.05, 4.69) is 18.7 Å². The molecule has 0 amide bonds. The van der Waals surface area contributed by atoms with Crippen molar-refractivity contribution in [3.05, 3.63) is 36.0 Å². The average molecular weight is 145 g/mol. The SMILES string of the molecule is C=C(C)C1=CCC(C#N)C=C1. The average Bonchev–Trinajstić information content (AvgIpc) is 2.05. The molecule has 0 aromatic heterocycles. The first-order valence-electron chi connectivity index (χ1n) is 3.68. The van der Waals surface area contributed by atoms with E-state index >= 15 is 0 Å². The molecule has 1 aliphatic carbocycles. The van der Waals surface area contributed by atoms with Crippen molar-refractivity contribution >= 4 is 0 Å². The van der Waals surface area contributed by atoms with Crippen LogP contribution in [0.25, 0.3) is 0 Å². The van der Waals surface area contributed by atoms with Crippen LogP contribution in [0.1, 0.15) is 13.3 Å². The molecule has 0 radical (unpaired) electrons. The summed E-state index contributed by atoms with van der Waals surface area (Å²) in [6.07, 6.45) is 6.80. The van der Waals surface area contributed by atoms with Gasteiger partial charge in [0.25, 0.3) is 0 Å². The molecule has 0 heterocycles. The predicted molar refractivity (Wildman–Crippen MR) is 45.8 cm³/mol. The molecule has 0 saturated carbocycles. The van der Waals surface area contributed by atoms with E-state index in [1.54, 1.807) is 0 Å². The zero-order valence-corrected chi connectivity index (χ0v) is 6.67. The van der Waals surface area contributed by atoms with Gasteiger partial charge in [-0.05, 0) is 18.9 Å². The molecule has 1 heteroatoms. The smallest absolute Gasteiger partial charge is 0.0700 e. The van der Waals surface area contributed by atoms with E-state index in [9.17, 15) is 0 Å². The highest BCUT2D eigenvalue weighted by Gasteiger charge is 2.06. The molecule has 56 valence electrons. The molecule has 0 saturated heterocycles. The van der Waals surface area contributed by atoms with Gasteiger partial charge in [-0.15, -0.1) is 0 Å². The Morgan fingerprint density at radius 2 is 2.55 bits per heavy atom. The van der Waals surface area contributed by atoms with Gasteiger partial charge in [-0.1, -0.05) is 30.4 Å². The lowest BCUT2D eigenvalue weighted by Gasteiger charge is -2.08. The summed E-state index contributed by atoms with van der Waals surface area (Å²) in [7, 11) is 0. The lowest BCUT2D eigenvalue weighted by atomic mass is 9.95. The van der Waals surface area contributed by atoms with Crippen LogP contribution in [0.2, 0.25) is 0 Å². The van der Waals surface area contributed by atoms with Gasteiger partial charge in [0.1, 0.15) is 0 Å². The predicted octanol–water partition coefficient (Wildman–Crippen LogP) is 2.59. The second-order valence-corrected chi connectivity index (χ2v) is 2.77. The van der Waals surface area contributed by atoms with Gasteiger partial charge in [-0.3, -0.25) is 0 Å². The highest BCUT2D eigenvalue weighted by Crippen LogP contribution is 2.19. The zero-order chi connectivity index (χ0) is 8.27. The van der Waals surface area contributed by atoms with Crippen molar-refractivity contribution in [1.29, 1.82) is 5.26 Å². The quantitative estimate of drug-likeness (QED) is 0.556. The second kappa shape index (κ2) is 3.21. The van der Waals surface area contributed by atoms with Crippen molar-refractivity contribution < 1.29 is 0 Å². The number of nitriles is 1. The monoisotopic (exact) mass is 145 g/mol. The van der Waals surface area contributed by atoms with Gasteiger partial charge in [0.2, 0.25) is 0 Å². The molecule has 0 aromatic rings. The third-order valence-corrected chi connectivity index (χ3v) is 1.76. The van der Waals surface area contributed by atoms with Gasteiger partial charge in [-0.2, -0.15) is 5.26 Å². The summed E-state index contributed by atoms with van der Waals surface area (Å²) in [5.41, 5.74) is 2.23. The molecule has 1 unspecified atom stereocenters. The van der Waals surface area contributed by atoms with Crippen molar-refractivity contribution in [3.8, 4) is 6.07 Å². The second-order valence-electron chi connectivity index (χ2n) is 2.77. The van der Waals surface area contributed by atoms with Crippen molar-refractivity contribution in [1.82, 2.24) is 0 Å². The number of allylic oxidation sites excluding steroid dienone is 5. The van der Waals surface area contributed by atoms with Crippen molar-refractivity contribution in [2.45, 2.75) is 13.3 Å². The molecule has 0 bridgehead atoms. The van der Waals surface area contributed by atoms with Crippen LogP contribution >= 0.6 is 0 Å². The Morgan fingerprint density at radius 1 is 1.82 bits per heavy atom. The highest BCUT2D eigenvalue weighted by molar-refractivity contribution is 5.39. The van der Waals surface area contributed by atoms with Gasteiger partial charge in [0.15, 0.2) is 0 Å². The van der Waals surface area contributed by atoms with Crippen LogP contribution in [0, 0.1) is 17.2 Å². The summed E-state index contributed by atoms with van der Waals surface area (Å²) in [6.45, 7) is 5.80. The molecular weight excluding hydrogens is 134 g/mol. The fourth-order valence-electron chi connectivity index (χ4n) is 1.03. The molecule has 0 fully saturated rings. The Balaban J connectivity index is 2.69. The standard InChI is InChI=1S/C10H11N/c1-8(2)10-5-3-9(7-11)4-6-10/h3,5-6,9H,1,4H2,2H3. The van der Waals surface area contributed by atoms with E-state index < -0.39 is 0 Å². The molecule has 0 aromatic carbocycles. The van der Waals surface area contributed by atoms with Crippen molar-refractivity contribution in [3.63, 3.8) is 0 Å². The number of hydrogen-bond acceptors (Lipinski definition) is 1. The number of hydrogen-bond donors (Lipinski definition) is 0. The Bertz CT molecular complexity index is 263. The summed E-state index contributed by atoms with van der Waals surface area (Å²) in [4.78, 5) is 0. The molecule has 0 spiro atoms. The summed E-state index contributed by atoms with van der Waals surface area (Å²) >= 11 is 0. The summed E-state index contributed by atoms with van der Waals surface area (Å²) in [5.74, 6) is 0.0677. The van der Waals surface area contributed by atoms with Gasteiger partial charge in [0, 0.05) is 0 Å². The summed E-state index contributed by atoms with van der Waals surface area (Å²) in [6, 6.07) is 2.20. The van der Waals surface area contributed by atoms with Crippen LogP contribution in [-0.4, -0.2) is 0 Å². The van der Waals surface area contributed by atoms with E-state index in [0.29, 0.717) is 0 Å². The Morgan fingerprint density at radius 3 is 2.91 bits per heavy atom. The zero-order valence-electron chi connectivity index (χ0n) is 6.67. The lowest BCUT2D eigenvalue weighted by molar-refractivity contribution is 0.830. The number of nitrogens with zero attached hydrogens (tertiary/aromatic N) is 1. The molecule has 1 nitrogen and oxygen atoms in total. The minimum Gasteiger partial charge on any atom is -0.198 e. The fraction of sp³-hybridized carbons (Fsp3) is 0.300. The van der Waals surface area contributed by atoms with Gasteiger partial charge in [-0.25, -0.2) is 0 Å². The molecule has 11 heavy (non-hydrogen) atoms. The Kier molecular flexibility index (Phi) is 2.28. The van der Waals surface area contributed by atoms with E-state index in [-0.39, 0.29) is 5.92 Å². The number of rotatable bonds is 1. The first-order chi connectivity index (χ1) is 5.24. The third-order valence-electron chi connectivity index (χ3n) is 1.76. The third kappa shape index (κ3) is 1.81. The van der Waals surface area contributed by atoms with Crippen LogP contribution in [0.15, 0.2) is 36.0 Å².